The van der Waals surface area contributed by atoms with Crippen LogP contribution in [0, 0.1) is 15.9 Å². The van der Waals surface area contributed by atoms with Crippen LogP contribution >= 0.6 is 49.9 Å². The van der Waals surface area contributed by atoms with Crippen molar-refractivity contribution in [3.8, 4) is 29.6 Å². The average Bonchev–Trinajstić information content (AvgIpc) is 3.23. The Hall–Kier alpha value is -3.08. The standard InChI is InChI=1S/C28H24BrIN2O6S/c1-5-10-38-25-19(29)11-16(12-20(25)30)13-23-26(33)32-24(18(27(34)35-4)15-31-28(32)39-23)17-8-9-21(36-6-2)22(14-17)37-7-3/h1,8-9,11-15,24H,6-7,10H2,2-4H3/b23-13-/t24-/m1/s1. The Kier molecular flexibility index (Phi) is 9.53. The van der Waals surface area contributed by atoms with Crippen molar-refractivity contribution in [2.75, 3.05) is 26.9 Å². The molecule has 3 aromatic rings. The number of carbonyl (C=O) groups excluding carboxylic acids is 1. The van der Waals surface area contributed by atoms with Crippen molar-refractivity contribution >= 4 is 61.9 Å². The normalized spacial score (nSPS) is 14.5. The highest BCUT2D eigenvalue weighted by molar-refractivity contribution is 14.1. The van der Waals surface area contributed by atoms with Crippen molar-refractivity contribution < 1.29 is 23.7 Å². The fraction of sp³-hybridized carbons (Fsp3) is 0.250. The summed E-state index contributed by atoms with van der Waals surface area (Å²) in [4.78, 5) is 31.5. The van der Waals surface area contributed by atoms with Gasteiger partial charge in [0, 0.05) is 6.20 Å². The number of nitrogens with zero attached hydrogens (tertiary/aromatic N) is 2. The highest BCUT2D eigenvalue weighted by atomic mass is 127. The molecular formula is C28H24BrIN2O6S. The van der Waals surface area contributed by atoms with Gasteiger partial charge in [0.1, 0.15) is 12.4 Å². The Morgan fingerprint density at radius 1 is 1.21 bits per heavy atom. The van der Waals surface area contributed by atoms with Crippen LogP contribution in [0.3, 0.4) is 0 Å². The molecule has 0 unspecified atom stereocenters. The van der Waals surface area contributed by atoms with Gasteiger partial charge < -0.3 is 18.9 Å². The summed E-state index contributed by atoms with van der Waals surface area (Å²) in [5.74, 6) is 3.61. The number of thiazole rings is 1. The Morgan fingerprint density at radius 2 is 1.95 bits per heavy atom. The highest BCUT2D eigenvalue weighted by Gasteiger charge is 2.31. The van der Waals surface area contributed by atoms with Crippen LogP contribution in [0.1, 0.15) is 31.0 Å². The number of carbonyl (C=O) groups is 1. The second kappa shape index (κ2) is 12.8. The third-order valence-electron chi connectivity index (χ3n) is 5.63. The Morgan fingerprint density at radius 3 is 2.62 bits per heavy atom. The summed E-state index contributed by atoms with van der Waals surface area (Å²) in [6.45, 7) is 4.79. The lowest BCUT2D eigenvalue weighted by Crippen LogP contribution is -2.39. The first-order valence-electron chi connectivity index (χ1n) is 11.9. The number of fused-ring (bicyclic) bond motifs is 1. The lowest BCUT2D eigenvalue weighted by molar-refractivity contribution is -0.136. The van der Waals surface area contributed by atoms with Gasteiger partial charge in [-0.05, 0) is 93.8 Å². The molecule has 0 fully saturated rings. The Balaban J connectivity index is 1.87. The number of rotatable bonds is 9. The van der Waals surface area contributed by atoms with E-state index in [0.717, 1.165) is 9.13 Å². The molecule has 0 aliphatic carbocycles. The highest BCUT2D eigenvalue weighted by Crippen LogP contribution is 2.35. The summed E-state index contributed by atoms with van der Waals surface area (Å²) in [5.41, 5.74) is 1.39. The van der Waals surface area contributed by atoms with E-state index in [1.807, 2.05) is 32.0 Å². The first-order chi connectivity index (χ1) is 18.8. The third kappa shape index (κ3) is 6.08. The van der Waals surface area contributed by atoms with Crippen molar-refractivity contribution in [1.29, 1.82) is 0 Å². The topological polar surface area (TPSA) is 88.3 Å². The summed E-state index contributed by atoms with van der Waals surface area (Å²) >= 11 is 6.92. The summed E-state index contributed by atoms with van der Waals surface area (Å²) in [7, 11) is 1.30. The molecule has 0 saturated heterocycles. The van der Waals surface area contributed by atoms with Gasteiger partial charge in [-0.15, -0.1) is 6.42 Å². The molecule has 2 aromatic carbocycles. The van der Waals surface area contributed by atoms with Gasteiger partial charge in [-0.25, -0.2) is 9.79 Å². The molecule has 2 heterocycles. The number of hydrogen-bond acceptors (Lipinski definition) is 8. The number of halogens is 2. The number of terminal acetylenes is 1. The van der Waals surface area contributed by atoms with Crippen LogP contribution < -0.4 is 29.1 Å². The summed E-state index contributed by atoms with van der Waals surface area (Å²) in [6.07, 6.45) is 8.56. The molecule has 202 valence electrons. The van der Waals surface area contributed by atoms with Gasteiger partial charge in [0.05, 0.1) is 44.5 Å². The van der Waals surface area contributed by atoms with E-state index in [1.54, 1.807) is 18.2 Å². The molecule has 0 amide bonds. The summed E-state index contributed by atoms with van der Waals surface area (Å²) < 4.78 is 25.7. The number of methoxy groups -OCH3 is 1. The second-order valence-corrected chi connectivity index (χ2v) is 11.1. The average molecular weight is 723 g/mol. The van der Waals surface area contributed by atoms with Crippen LogP contribution in [-0.2, 0) is 9.53 Å². The molecule has 0 saturated carbocycles. The minimum Gasteiger partial charge on any atom is -0.490 e. The van der Waals surface area contributed by atoms with Gasteiger partial charge in [-0.1, -0.05) is 23.3 Å². The van der Waals surface area contributed by atoms with Crippen molar-refractivity contribution in [2.24, 2.45) is 4.99 Å². The van der Waals surface area contributed by atoms with E-state index in [0.29, 0.717) is 49.8 Å². The SMILES string of the molecule is C#CCOc1c(Br)cc(/C=c2\sc3n(c2=O)[C@H](c2ccc(OCC)c(OCC)c2)C(C(=O)OC)=CN=3)cc1I. The zero-order valence-electron chi connectivity index (χ0n) is 21.3. The van der Waals surface area contributed by atoms with Crippen LogP contribution in [0.5, 0.6) is 17.2 Å². The molecule has 8 nitrogen and oxygen atoms in total. The molecule has 11 heteroatoms. The van der Waals surface area contributed by atoms with Crippen LogP contribution in [0.4, 0.5) is 0 Å². The molecule has 0 bridgehead atoms. The summed E-state index contributed by atoms with van der Waals surface area (Å²) in [5, 5.41) is 0. The molecule has 4 rings (SSSR count). The van der Waals surface area contributed by atoms with Crippen LogP contribution in [0.2, 0.25) is 0 Å². The van der Waals surface area contributed by atoms with Gasteiger partial charge in [0.25, 0.3) is 5.56 Å². The number of hydrogen-bond donors (Lipinski definition) is 0. The van der Waals surface area contributed by atoms with Gasteiger partial charge in [-0.2, -0.15) is 0 Å². The lowest BCUT2D eigenvalue weighted by atomic mass is 9.97. The molecule has 39 heavy (non-hydrogen) atoms. The van der Waals surface area contributed by atoms with E-state index in [2.05, 4.69) is 49.4 Å². The van der Waals surface area contributed by atoms with Crippen molar-refractivity contribution in [3.05, 3.63) is 81.0 Å². The fourth-order valence-electron chi connectivity index (χ4n) is 4.05. The second-order valence-electron chi connectivity index (χ2n) is 8.05. The van der Waals surface area contributed by atoms with Crippen LogP contribution in [0.15, 0.2) is 56.4 Å². The minimum atomic E-state index is -0.767. The quantitative estimate of drug-likeness (QED) is 0.187. The smallest absolute Gasteiger partial charge is 0.337 e. The van der Waals surface area contributed by atoms with E-state index in [4.69, 9.17) is 25.4 Å². The first kappa shape index (κ1) is 28.9. The maximum Gasteiger partial charge on any atom is 0.337 e. The van der Waals surface area contributed by atoms with Crippen molar-refractivity contribution in [3.63, 3.8) is 0 Å². The zero-order valence-corrected chi connectivity index (χ0v) is 25.9. The number of aromatic nitrogens is 1. The predicted molar refractivity (Wildman–Crippen MR) is 161 cm³/mol. The first-order valence-corrected chi connectivity index (χ1v) is 14.6. The van der Waals surface area contributed by atoms with Crippen molar-refractivity contribution in [2.45, 2.75) is 19.9 Å². The zero-order chi connectivity index (χ0) is 28.1. The summed E-state index contributed by atoms with van der Waals surface area (Å²) in [6, 6.07) is 8.35. The van der Waals surface area contributed by atoms with Crippen molar-refractivity contribution in [1.82, 2.24) is 4.57 Å². The van der Waals surface area contributed by atoms with E-state index in [9.17, 15) is 9.59 Å². The molecule has 1 atom stereocenters. The third-order valence-corrected chi connectivity index (χ3v) is 8.01. The molecular weight excluding hydrogens is 699 g/mol. The van der Waals surface area contributed by atoms with Gasteiger partial charge in [-0.3, -0.25) is 9.36 Å². The number of ether oxygens (including phenoxy) is 4. The molecule has 1 aromatic heterocycles. The van der Waals surface area contributed by atoms with E-state index >= 15 is 0 Å². The van der Waals surface area contributed by atoms with Gasteiger partial charge in [0.15, 0.2) is 16.3 Å². The molecule has 0 spiro atoms. The van der Waals surface area contributed by atoms with E-state index in [1.165, 1.54) is 29.2 Å². The van der Waals surface area contributed by atoms with Crippen LogP contribution in [-0.4, -0.2) is 37.5 Å². The Bertz CT molecular complexity index is 1650. The van der Waals surface area contributed by atoms with E-state index in [-0.39, 0.29) is 17.7 Å². The number of esters is 1. The largest absolute Gasteiger partial charge is 0.490 e. The lowest BCUT2D eigenvalue weighted by Gasteiger charge is -2.23. The molecule has 1 aliphatic heterocycles. The molecule has 1 aliphatic rings. The predicted octanol–water partition coefficient (Wildman–Crippen LogP) is 4.19. The molecule has 0 N–H and O–H groups in total. The fourth-order valence-corrected chi connectivity index (χ4v) is 6.79. The Labute approximate surface area is 251 Å². The van der Waals surface area contributed by atoms with E-state index < -0.39 is 12.0 Å². The monoisotopic (exact) mass is 722 g/mol. The van der Waals surface area contributed by atoms with Gasteiger partial charge >= 0.3 is 5.97 Å². The maximum atomic E-state index is 13.8. The maximum absolute atomic E-state index is 13.8. The minimum absolute atomic E-state index is 0.144. The number of benzene rings is 2. The van der Waals surface area contributed by atoms with Gasteiger partial charge in [0.2, 0.25) is 0 Å². The molecule has 0 radical (unpaired) electrons. The van der Waals surface area contributed by atoms with Crippen LogP contribution in [0.25, 0.3) is 6.08 Å².